The van der Waals surface area contributed by atoms with Gasteiger partial charge in [0.15, 0.2) is 0 Å². The first kappa shape index (κ1) is 16.7. The van der Waals surface area contributed by atoms with Gasteiger partial charge in [-0.15, -0.1) is 0 Å². The molecule has 1 rings (SSSR count). The number of aliphatic hydroxyl groups is 1. The summed E-state index contributed by atoms with van der Waals surface area (Å²) < 4.78 is 0. The molecule has 2 N–H and O–H groups in total. The first-order chi connectivity index (χ1) is 9.67. The Labute approximate surface area is 121 Å². The summed E-state index contributed by atoms with van der Waals surface area (Å²) in [5, 5.41) is 11.8. The summed E-state index contributed by atoms with van der Waals surface area (Å²) in [5.74, 6) is 0.361. The van der Waals surface area contributed by atoms with Gasteiger partial charge in [-0.1, -0.05) is 44.2 Å². The highest BCUT2D eigenvalue weighted by Gasteiger charge is 2.10. The Morgan fingerprint density at radius 1 is 1.35 bits per heavy atom. The van der Waals surface area contributed by atoms with Gasteiger partial charge in [-0.3, -0.25) is 9.69 Å². The van der Waals surface area contributed by atoms with E-state index in [2.05, 4.69) is 24.4 Å². The number of hydrogen-bond donors (Lipinski definition) is 2. The summed E-state index contributed by atoms with van der Waals surface area (Å²) in [6.45, 7) is 6.94. The Hall–Kier alpha value is -1.39. The molecule has 112 valence electrons. The maximum absolute atomic E-state index is 11.9. The van der Waals surface area contributed by atoms with Gasteiger partial charge in [0, 0.05) is 19.7 Å². The highest BCUT2D eigenvalue weighted by molar-refractivity contribution is 5.78. The van der Waals surface area contributed by atoms with Gasteiger partial charge < -0.3 is 10.4 Å². The molecule has 0 fully saturated rings. The molecule has 0 radical (unpaired) electrons. The summed E-state index contributed by atoms with van der Waals surface area (Å²) >= 11 is 0. The van der Waals surface area contributed by atoms with E-state index in [-0.39, 0.29) is 12.5 Å². The molecule has 0 bridgehead atoms. The smallest absolute Gasteiger partial charge is 0.234 e. The van der Waals surface area contributed by atoms with E-state index in [1.165, 1.54) is 5.56 Å². The molecule has 0 saturated carbocycles. The largest absolute Gasteiger partial charge is 0.396 e. The van der Waals surface area contributed by atoms with Gasteiger partial charge in [0.2, 0.25) is 5.91 Å². The Morgan fingerprint density at radius 2 is 2.05 bits per heavy atom. The Morgan fingerprint density at radius 3 is 2.65 bits per heavy atom. The summed E-state index contributed by atoms with van der Waals surface area (Å²) in [7, 11) is 0. The molecule has 1 aromatic rings. The number of rotatable bonds is 9. The molecular formula is C16H26N2O2. The number of nitrogens with one attached hydrogen (secondary N) is 1. The van der Waals surface area contributed by atoms with E-state index < -0.39 is 0 Å². The third-order valence-electron chi connectivity index (χ3n) is 3.42. The quantitative estimate of drug-likeness (QED) is 0.721. The molecule has 0 heterocycles. The molecule has 20 heavy (non-hydrogen) atoms. The molecule has 1 amide bonds. The standard InChI is InChI=1S/C16H26N2O2/c1-3-18(10-7-11-19)13-16(20)17-12-14(2)15-8-5-4-6-9-15/h4-6,8-9,14,19H,3,7,10-13H2,1-2H3,(H,17,20). The fourth-order valence-electron chi connectivity index (χ4n) is 2.07. The number of hydrogen-bond acceptors (Lipinski definition) is 3. The van der Waals surface area contributed by atoms with Crippen molar-refractivity contribution in [1.82, 2.24) is 10.2 Å². The lowest BCUT2D eigenvalue weighted by molar-refractivity contribution is -0.122. The zero-order valence-corrected chi connectivity index (χ0v) is 12.5. The number of benzene rings is 1. The molecule has 1 aromatic carbocycles. The van der Waals surface area contributed by atoms with Crippen molar-refractivity contribution in [2.24, 2.45) is 0 Å². The molecule has 4 nitrogen and oxygen atoms in total. The summed E-state index contributed by atoms with van der Waals surface area (Å²) in [6.07, 6.45) is 0.710. The first-order valence-electron chi connectivity index (χ1n) is 7.32. The van der Waals surface area contributed by atoms with E-state index >= 15 is 0 Å². The zero-order chi connectivity index (χ0) is 14.8. The highest BCUT2D eigenvalue weighted by atomic mass is 16.3. The Balaban J connectivity index is 2.32. The number of carbonyl (C=O) groups excluding carboxylic acids is 1. The van der Waals surface area contributed by atoms with Crippen LogP contribution in [0.3, 0.4) is 0 Å². The lowest BCUT2D eigenvalue weighted by atomic mass is 10.0. The fourth-order valence-corrected chi connectivity index (χ4v) is 2.07. The maximum atomic E-state index is 11.9. The maximum Gasteiger partial charge on any atom is 0.234 e. The minimum atomic E-state index is 0.0487. The lowest BCUT2D eigenvalue weighted by Crippen LogP contribution is -2.39. The topological polar surface area (TPSA) is 52.6 Å². The normalized spacial score (nSPS) is 12.4. The second-order valence-electron chi connectivity index (χ2n) is 5.06. The van der Waals surface area contributed by atoms with Crippen molar-refractivity contribution in [2.75, 3.05) is 32.8 Å². The predicted molar refractivity (Wildman–Crippen MR) is 81.7 cm³/mol. The minimum Gasteiger partial charge on any atom is -0.396 e. The molecule has 0 aliphatic rings. The third kappa shape index (κ3) is 6.17. The van der Waals surface area contributed by atoms with Gasteiger partial charge in [0.1, 0.15) is 0 Å². The average molecular weight is 278 g/mol. The summed E-state index contributed by atoms with van der Waals surface area (Å²) in [5.41, 5.74) is 1.24. The highest BCUT2D eigenvalue weighted by Crippen LogP contribution is 2.12. The molecular weight excluding hydrogens is 252 g/mol. The molecule has 0 aliphatic carbocycles. The second kappa shape index (κ2) is 9.50. The molecule has 0 aliphatic heterocycles. The minimum absolute atomic E-state index is 0.0487. The van der Waals surface area contributed by atoms with Crippen molar-refractivity contribution >= 4 is 5.91 Å². The van der Waals surface area contributed by atoms with Crippen molar-refractivity contribution in [3.8, 4) is 0 Å². The number of likely N-dealkylation sites (N-methyl/N-ethyl adjacent to an activating group) is 1. The van der Waals surface area contributed by atoms with Crippen LogP contribution >= 0.6 is 0 Å². The van der Waals surface area contributed by atoms with E-state index in [0.717, 1.165) is 13.1 Å². The molecule has 0 aromatic heterocycles. The summed E-state index contributed by atoms with van der Waals surface area (Å²) in [4.78, 5) is 13.9. The van der Waals surface area contributed by atoms with Crippen LogP contribution in [0.5, 0.6) is 0 Å². The van der Waals surface area contributed by atoms with Crippen LogP contribution < -0.4 is 5.32 Å². The van der Waals surface area contributed by atoms with E-state index in [4.69, 9.17) is 5.11 Å². The number of nitrogens with zero attached hydrogens (tertiary/aromatic N) is 1. The number of aliphatic hydroxyl groups excluding tert-OH is 1. The fraction of sp³-hybridized carbons (Fsp3) is 0.562. The van der Waals surface area contributed by atoms with Crippen LogP contribution in [-0.4, -0.2) is 48.7 Å². The zero-order valence-electron chi connectivity index (χ0n) is 12.5. The van der Waals surface area contributed by atoms with Crippen LogP contribution in [0.2, 0.25) is 0 Å². The Bertz CT molecular complexity index is 381. The van der Waals surface area contributed by atoms with Crippen LogP contribution in [-0.2, 0) is 4.79 Å². The van der Waals surface area contributed by atoms with Gasteiger partial charge in [-0.25, -0.2) is 0 Å². The monoisotopic (exact) mass is 278 g/mol. The van der Waals surface area contributed by atoms with Crippen LogP contribution in [0, 0.1) is 0 Å². The first-order valence-corrected chi connectivity index (χ1v) is 7.32. The van der Waals surface area contributed by atoms with Crippen molar-refractivity contribution in [2.45, 2.75) is 26.2 Å². The van der Waals surface area contributed by atoms with E-state index in [0.29, 0.717) is 25.4 Å². The lowest BCUT2D eigenvalue weighted by Gasteiger charge is -2.20. The van der Waals surface area contributed by atoms with Crippen LogP contribution in [0.15, 0.2) is 30.3 Å². The number of carbonyl (C=O) groups is 1. The van der Waals surface area contributed by atoms with Crippen LogP contribution in [0.4, 0.5) is 0 Å². The molecule has 0 saturated heterocycles. The van der Waals surface area contributed by atoms with Gasteiger partial charge in [-0.2, -0.15) is 0 Å². The van der Waals surface area contributed by atoms with Crippen LogP contribution in [0.1, 0.15) is 31.7 Å². The molecule has 1 unspecified atom stereocenters. The Kier molecular flexibility index (Phi) is 7.92. The number of amides is 1. The molecule has 4 heteroatoms. The predicted octanol–water partition coefficient (Wildman–Crippen LogP) is 1.61. The van der Waals surface area contributed by atoms with Crippen molar-refractivity contribution in [3.05, 3.63) is 35.9 Å². The van der Waals surface area contributed by atoms with Gasteiger partial charge in [0.25, 0.3) is 0 Å². The van der Waals surface area contributed by atoms with Crippen molar-refractivity contribution in [3.63, 3.8) is 0 Å². The molecule has 1 atom stereocenters. The summed E-state index contributed by atoms with van der Waals surface area (Å²) in [6, 6.07) is 10.2. The van der Waals surface area contributed by atoms with E-state index in [1.54, 1.807) is 0 Å². The van der Waals surface area contributed by atoms with Gasteiger partial charge in [0.05, 0.1) is 6.54 Å². The third-order valence-corrected chi connectivity index (χ3v) is 3.42. The average Bonchev–Trinajstić information content (AvgIpc) is 2.49. The molecule has 0 spiro atoms. The van der Waals surface area contributed by atoms with Gasteiger partial charge in [-0.05, 0) is 24.4 Å². The van der Waals surface area contributed by atoms with Crippen molar-refractivity contribution < 1.29 is 9.90 Å². The second-order valence-corrected chi connectivity index (χ2v) is 5.06. The van der Waals surface area contributed by atoms with Crippen LogP contribution in [0.25, 0.3) is 0 Å². The van der Waals surface area contributed by atoms with Gasteiger partial charge >= 0.3 is 0 Å². The van der Waals surface area contributed by atoms with E-state index in [1.807, 2.05) is 30.0 Å². The SMILES string of the molecule is CCN(CCCO)CC(=O)NCC(C)c1ccccc1. The van der Waals surface area contributed by atoms with E-state index in [9.17, 15) is 4.79 Å². The van der Waals surface area contributed by atoms with Crippen molar-refractivity contribution in [1.29, 1.82) is 0 Å².